The van der Waals surface area contributed by atoms with Crippen LogP contribution >= 0.6 is 8.53 Å². The average molecular weight is 670 g/mol. The van der Waals surface area contributed by atoms with Crippen LogP contribution in [0.3, 0.4) is 0 Å². The lowest BCUT2D eigenvalue weighted by Gasteiger charge is -2.50. The highest BCUT2D eigenvalue weighted by atomic mass is 31.2. The molecule has 0 saturated carbocycles. The topological polar surface area (TPSA) is 113 Å². The van der Waals surface area contributed by atoms with E-state index in [9.17, 15) is 14.9 Å². The lowest BCUT2D eigenvalue weighted by molar-refractivity contribution is -0.149. The standard InChI is InChI=1S/C37H44N5O5P/c1-28(2)42(29(3)4)48(45-24-14-22-38)46-27-33-25-40(26-35(47-33)41-23-21-34(43)39-36(41)44)37(30-15-8-5-9-16-30,31-17-10-6-11-18-31)32-19-12-7-13-20-32/h5-13,15-21,23,28-29,33,35H,14,24-27H2,1-4H3,(H,39,43,44)/t33-,35+,48?/m0/s1. The molecule has 1 aliphatic rings. The first-order valence-corrected chi connectivity index (χ1v) is 17.5. The predicted octanol–water partition coefficient (Wildman–Crippen LogP) is 6.02. The minimum Gasteiger partial charge on any atom is -0.350 e. The van der Waals surface area contributed by atoms with Gasteiger partial charge in [-0.1, -0.05) is 91.0 Å². The van der Waals surface area contributed by atoms with Crippen LogP contribution in [0.5, 0.6) is 0 Å². The van der Waals surface area contributed by atoms with Crippen LogP contribution in [0.1, 0.15) is 57.0 Å². The van der Waals surface area contributed by atoms with E-state index in [1.54, 1.807) is 0 Å². The molecule has 0 aliphatic carbocycles. The summed E-state index contributed by atoms with van der Waals surface area (Å²) in [6.45, 7) is 9.60. The van der Waals surface area contributed by atoms with Gasteiger partial charge in [0.1, 0.15) is 0 Å². The van der Waals surface area contributed by atoms with E-state index in [2.05, 4.69) is 84.7 Å². The number of rotatable bonds is 14. The van der Waals surface area contributed by atoms with E-state index in [-0.39, 0.29) is 31.7 Å². The van der Waals surface area contributed by atoms with Crippen molar-refractivity contribution >= 4 is 8.53 Å². The SMILES string of the molecule is CC(C)N(C(C)C)P(OCCC#N)OC[C@@H]1CN(C(c2ccccc2)(c2ccccc2)c2ccccc2)C[C@H](n2ccc(=O)[nH]c2=O)O1. The van der Waals surface area contributed by atoms with Crippen molar-refractivity contribution in [2.24, 2.45) is 0 Å². The van der Waals surface area contributed by atoms with Crippen molar-refractivity contribution in [3.05, 3.63) is 141 Å². The maximum Gasteiger partial charge on any atom is 0.330 e. The van der Waals surface area contributed by atoms with Crippen LogP contribution in [0.2, 0.25) is 0 Å². The third-order valence-corrected chi connectivity index (χ3v) is 10.5. The second kappa shape index (κ2) is 16.4. The molecule has 0 bridgehead atoms. The monoisotopic (exact) mass is 669 g/mol. The summed E-state index contributed by atoms with van der Waals surface area (Å²) >= 11 is 0. The Labute approximate surface area is 283 Å². The van der Waals surface area contributed by atoms with E-state index in [1.807, 2.05) is 54.6 Å². The third kappa shape index (κ3) is 7.85. The van der Waals surface area contributed by atoms with Crippen LogP contribution in [0.25, 0.3) is 0 Å². The normalized spacial score (nSPS) is 17.9. The van der Waals surface area contributed by atoms with Gasteiger partial charge in [0.15, 0.2) is 6.23 Å². The number of H-pyrrole nitrogens is 1. The molecular weight excluding hydrogens is 625 g/mol. The van der Waals surface area contributed by atoms with Gasteiger partial charge in [0.05, 0.1) is 37.3 Å². The quantitative estimate of drug-likeness (QED) is 0.0986. The number of aromatic nitrogens is 2. The summed E-state index contributed by atoms with van der Waals surface area (Å²) in [7, 11) is -1.52. The van der Waals surface area contributed by atoms with Gasteiger partial charge in [-0.2, -0.15) is 5.26 Å². The van der Waals surface area contributed by atoms with Gasteiger partial charge in [-0.15, -0.1) is 0 Å². The van der Waals surface area contributed by atoms with Crippen LogP contribution in [0.4, 0.5) is 0 Å². The predicted molar refractivity (Wildman–Crippen MR) is 187 cm³/mol. The Balaban J connectivity index is 1.62. The molecule has 5 rings (SSSR count). The molecule has 1 aliphatic heterocycles. The number of nitrogens with zero attached hydrogens (tertiary/aromatic N) is 4. The molecule has 1 aromatic heterocycles. The zero-order valence-electron chi connectivity index (χ0n) is 27.9. The van der Waals surface area contributed by atoms with Gasteiger partial charge in [-0.25, -0.2) is 9.46 Å². The highest BCUT2D eigenvalue weighted by Crippen LogP contribution is 2.48. The van der Waals surface area contributed by atoms with E-state index in [0.29, 0.717) is 13.1 Å². The zero-order valence-corrected chi connectivity index (χ0v) is 28.8. The van der Waals surface area contributed by atoms with E-state index in [4.69, 9.17) is 13.8 Å². The Kier molecular flexibility index (Phi) is 12.1. The fourth-order valence-electron chi connectivity index (χ4n) is 6.54. The summed E-state index contributed by atoms with van der Waals surface area (Å²) in [6, 6.07) is 34.8. The third-order valence-electron chi connectivity index (χ3n) is 8.39. The molecule has 48 heavy (non-hydrogen) atoms. The molecule has 1 saturated heterocycles. The molecule has 1 N–H and O–H groups in total. The maximum absolute atomic E-state index is 13.2. The molecule has 11 heteroatoms. The van der Waals surface area contributed by atoms with Crippen molar-refractivity contribution in [1.82, 2.24) is 19.1 Å². The molecule has 0 radical (unpaired) electrons. The van der Waals surface area contributed by atoms with Gasteiger partial charge in [-0.3, -0.25) is 19.2 Å². The first kappa shape index (κ1) is 35.4. The largest absolute Gasteiger partial charge is 0.350 e. The molecule has 3 aromatic carbocycles. The van der Waals surface area contributed by atoms with Gasteiger partial charge >= 0.3 is 5.69 Å². The van der Waals surface area contributed by atoms with Crippen LogP contribution < -0.4 is 11.2 Å². The highest BCUT2D eigenvalue weighted by Gasteiger charge is 2.46. The molecule has 252 valence electrons. The number of benzene rings is 3. The molecular formula is C37H44N5O5P. The first-order chi connectivity index (χ1) is 23.2. The van der Waals surface area contributed by atoms with E-state index >= 15 is 0 Å². The average Bonchev–Trinajstić information content (AvgIpc) is 3.08. The lowest BCUT2D eigenvalue weighted by Crippen LogP contribution is -2.58. The van der Waals surface area contributed by atoms with E-state index < -0.39 is 37.6 Å². The van der Waals surface area contributed by atoms with E-state index in [1.165, 1.54) is 16.8 Å². The summed E-state index contributed by atoms with van der Waals surface area (Å²) in [5, 5.41) is 9.18. The van der Waals surface area contributed by atoms with Gasteiger partial charge in [0, 0.05) is 37.4 Å². The van der Waals surface area contributed by atoms with Crippen LogP contribution in [-0.4, -0.2) is 63.6 Å². The zero-order chi connectivity index (χ0) is 34.1. The molecule has 4 aromatic rings. The first-order valence-electron chi connectivity index (χ1n) is 16.3. The Bertz CT molecular complexity index is 1640. The van der Waals surface area contributed by atoms with Crippen LogP contribution in [0.15, 0.2) is 113 Å². The molecule has 0 amide bonds. The Morgan fingerprint density at radius 1 is 0.875 bits per heavy atom. The lowest BCUT2D eigenvalue weighted by atomic mass is 9.75. The number of hydrogen-bond acceptors (Lipinski definition) is 8. The highest BCUT2D eigenvalue weighted by molar-refractivity contribution is 7.44. The molecule has 0 spiro atoms. The van der Waals surface area contributed by atoms with Crippen molar-refractivity contribution in [3.8, 4) is 6.07 Å². The smallest absolute Gasteiger partial charge is 0.330 e. The van der Waals surface area contributed by atoms with Crippen molar-refractivity contribution in [1.29, 1.82) is 5.26 Å². The van der Waals surface area contributed by atoms with Gasteiger partial charge < -0.3 is 13.8 Å². The fourth-order valence-corrected chi connectivity index (χ4v) is 8.17. The Hall–Kier alpha value is -3.94. The van der Waals surface area contributed by atoms with Crippen LogP contribution in [-0.2, 0) is 19.3 Å². The summed E-state index contributed by atoms with van der Waals surface area (Å²) in [6.07, 6.45) is 0.498. The van der Waals surface area contributed by atoms with Gasteiger partial charge in [-0.05, 0) is 44.4 Å². The van der Waals surface area contributed by atoms with Crippen molar-refractivity contribution < 1.29 is 13.8 Å². The summed E-state index contributed by atoms with van der Waals surface area (Å²) in [5.41, 5.74) is 1.38. The second-order valence-electron chi connectivity index (χ2n) is 12.3. The number of hydrogen-bond donors (Lipinski definition) is 1. The van der Waals surface area contributed by atoms with Gasteiger partial charge in [0.2, 0.25) is 0 Å². The molecule has 1 unspecified atom stereocenters. The Morgan fingerprint density at radius 3 is 1.90 bits per heavy atom. The molecule has 10 nitrogen and oxygen atoms in total. The fraction of sp³-hybridized carbons (Fsp3) is 0.378. The minimum absolute atomic E-state index is 0.135. The molecule has 2 heterocycles. The van der Waals surface area contributed by atoms with E-state index in [0.717, 1.165) is 16.7 Å². The summed E-state index contributed by atoms with van der Waals surface area (Å²) in [4.78, 5) is 30.0. The van der Waals surface area contributed by atoms with Crippen molar-refractivity contribution in [2.45, 2.75) is 64.1 Å². The molecule has 3 atom stereocenters. The number of nitrogens with one attached hydrogen (secondary N) is 1. The number of morpholine rings is 1. The summed E-state index contributed by atoms with van der Waals surface area (Å²) in [5.74, 6) is 0. The van der Waals surface area contributed by atoms with Gasteiger partial charge in [0.25, 0.3) is 14.1 Å². The Morgan fingerprint density at radius 2 is 1.42 bits per heavy atom. The van der Waals surface area contributed by atoms with Crippen molar-refractivity contribution in [2.75, 3.05) is 26.3 Å². The summed E-state index contributed by atoms with van der Waals surface area (Å²) < 4.78 is 23.1. The molecule has 1 fully saturated rings. The maximum atomic E-state index is 13.2. The number of aromatic amines is 1. The second-order valence-corrected chi connectivity index (χ2v) is 13.7. The van der Waals surface area contributed by atoms with Crippen LogP contribution in [0, 0.1) is 11.3 Å². The van der Waals surface area contributed by atoms with Crippen molar-refractivity contribution in [3.63, 3.8) is 0 Å². The number of ether oxygens (including phenoxy) is 1. The minimum atomic E-state index is -1.52. The number of nitriles is 1.